The van der Waals surface area contributed by atoms with Gasteiger partial charge in [0.05, 0.1) is 10.9 Å². The Morgan fingerprint density at radius 2 is 2.07 bits per heavy atom. The molecule has 4 heteroatoms. The third-order valence-corrected chi connectivity index (χ3v) is 2.42. The smallest absolute Gasteiger partial charge is 0.149 e. The van der Waals surface area contributed by atoms with Gasteiger partial charge in [-0.2, -0.15) is 5.10 Å². The normalized spacial score (nSPS) is 12.3. The van der Waals surface area contributed by atoms with Crippen molar-refractivity contribution in [2.45, 2.75) is 19.5 Å². The number of benzene rings is 1. The molecule has 2 aromatic rings. The lowest BCUT2D eigenvalue weighted by Crippen LogP contribution is -2.10. The van der Waals surface area contributed by atoms with Gasteiger partial charge in [0.2, 0.25) is 0 Å². The lowest BCUT2D eigenvalue weighted by atomic mass is 10.0. The van der Waals surface area contributed by atoms with Crippen LogP contribution in [0.3, 0.4) is 0 Å². The topological polar surface area (TPSA) is 38.0 Å². The Kier molecular flexibility index (Phi) is 1.96. The summed E-state index contributed by atoms with van der Waals surface area (Å²) in [6.45, 7) is 2.86. The van der Waals surface area contributed by atoms with Crippen molar-refractivity contribution >= 4 is 10.9 Å². The summed E-state index contributed by atoms with van der Waals surface area (Å²) in [4.78, 5) is 0. The van der Waals surface area contributed by atoms with Gasteiger partial charge in [0.15, 0.2) is 0 Å². The van der Waals surface area contributed by atoms with Crippen molar-refractivity contribution in [3.8, 4) is 5.75 Å². The van der Waals surface area contributed by atoms with Crippen LogP contribution in [-0.2, 0) is 12.7 Å². The predicted molar refractivity (Wildman–Crippen MR) is 56.5 cm³/mol. The Balaban J connectivity index is 2.88. The number of nitrogens with zero attached hydrogens (tertiary/aromatic N) is 2. The van der Waals surface area contributed by atoms with Crippen LogP contribution >= 0.6 is 0 Å². The number of aryl methyl sites for hydroxylation is 1. The molecular formula is C11H13FN2O. The number of fused-ring (bicyclic) bond motifs is 1. The van der Waals surface area contributed by atoms with Gasteiger partial charge in [0, 0.05) is 7.05 Å². The first-order valence-electron chi connectivity index (χ1n) is 4.75. The molecule has 0 atom stereocenters. The number of phenols is 1. The molecule has 3 nitrogen and oxygen atoms in total. The Morgan fingerprint density at radius 3 is 2.67 bits per heavy atom. The minimum Gasteiger partial charge on any atom is -0.507 e. The minimum atomic E-state index is -1.56. The maximum Gasteiger partial charge on any atom is 0.149 e. The summed E-state index contributed by atoms with van der Waals surface area (Å²) < 4.78 is 15.4. The van der Waals surface area contributed by atoms with Gasteiger partial charge in [-0.3, -0.25) is 4.68 Å². The van der Waals surface area contributed by atoms with Gasteiger partial charge in [-0.25, -0.2) is 4.39 Å². The molecule has 0 saturated carbocycles. The van der Waals surface area contributed by atoms with Crippen molar-refractivity contribution in [2.24, 2.45) is 7.05 Å². The van der Waals surface area contributed by atoms with Crippen LogP contribution in [0.2, 0.25) is 0 Å². The zero-order valence-corrected chi connectivity index (χ0v) is 8.95. The second-order valence-corrected chi connectivity index (χ2v) is 4.12. The van der Waals surface area contributed by atoms with Crippen LogP contribution in [0.1, 0.15) is 19.5 Å². The fourth-order valence-corrected chi connectivity index (χ4v) is 1.71. The van der Waals surface area contributed by atoms with Gasteiger partial charge in [-0.15, -0.1) is 0 Å². The average Bonchev–Trinajstić information content (AvgIpc) is 2.45. The summed E-state index contributed by atoms with van der Waals surface area (Å²) in [7, 11) is 1.73. The van der Waals surface area contributed by atoms with Gasteiger partial charge in [0.1, 0.15) is 17.1 Å². The van der Waals surface area contributed by atoms with Crippen molar-refractivity contribution in [1.29, 1.82) is 0 Å². The Labute approximate surface area is 87.1 Å². The van der Waals surface area contributed by atoms with E-state index in [0.29, 0.717) is 5.39 Å². The van der Waals surface area contributed by atoms with E-state index in [1.54, 1.807) is 29.9 Å². The van der Waals surface area contributed by atoms with E-state index in [2.05, 4.69) is 5.10 Å². The Bertz CT molecular complexity index is 511. The second kappa shape index (κ2) is 2.95. The minimum absolute atomic E-state index is 0.0707. The van der Waals surface area contributed by atoms with E-state index in [-0.39, 0.29) is 11.4 Å². The number of rotatable bonds is 1. The van der Waals surface area contributed by atoms with Crippen LogP contribution in [0.15, 0.2) is 18.2 Å². The van der Waals surface area contributed by atoms with E-state index in [4.69, 9.17) is 0 Å². The van der Waals surface area contributed by atoms with E-state index in [1.165, 1.54) is 13.8 Å². The molecule has 80 valence electrons. The summed E-state index contributed by atoms with van der Waals surface area (Å²) in [5, 5.41) is 14.3. The van der Waals surface area contributed by atoms with Crippen LogP contribution in [0.25, 0.3) is 10.9 Å². The van der Waals surface area contributed by atoms with E-state index in [1.807, 2.05) is 0 Å². The van der Waals surface area contributed by atoms with Gasteiger partial charge in [0.25, 0.3) is 0 Å². The molecule has 0 aliphatic carbocycles. The first kappa shape index (κ1) is 9.96. The predicted octanol–water partition coefficient (Wildman–Crippen LogP) is 2.48. The molecule has 0 fully saturated rings. The number of hydrogen-bond acceptors (Lipinski definition) is 2. The summed E-state index contributed by atoms with van der Waals surface area (Å²) in [5.74, 6) is 0.0707. The number of alkyl halides is 1. The molecule has 1 aromatic carbocycles. The quantitative estimate of drug-likeness (QED) is 0.781. The molecule has 0 aliphatic heterocycles. The molecule has 1 N–H and O–H groups in total. The number of halogens is 1. The number of hydrogen-bond donors (Lipinski definition) is 1. The maximum absolute atomic E-state index is 13.9. The van der Waals surface area contributed by atoms with Crippen molar-refractivity contribution in [3.63, 3.8) is 0 Å². The van der Waals surface area contributed by atoms with Gasteiger partial charge in [-0.1, -0.05) is 6.07 Å². The summed E-state index contributed by atoms with van der Waals surface area (Å²) in [6, 6.07) is 5.06. The van der Waals surface area contributed by atoms with Crippen LogP contribution in [-0.4, -0.2) is 14.9 Å². The number of aromatic nitrogens is 2. The Hall–Kier alpha value is -1.58. The van der Waals surface area contributed by atoms with Gasteiger partial charge in [-0.05, 0) is 26.0 Å². The molecular weight excluding hydrogens is 195 g/mol. The molecule has 2 rings (SSSR count). The SMILES string of the molecule is Cn1nc(C(C)(C)F)c2c(O)cccc21. The average molecular weight is 208 g/mol. The monoisotopic (exact) mass is 208 g/mol. The fraction of sp³-hybridized carbons (Fsp3) is 0.364. The van der Waals surface area contributed by atoms with Crippen molar-refractivity contribution in [3.05, 3.63) is 23.9 Å². The first-order chi connectivity index (χ1) is 6.91. The molecule has 1 heterocycles. The zero-order valence-electron chi connectivity index (χ0n) is 8.95. The fourth-order valence-electron chi connectivity index (χ4n) is 1.71. The van der Waals surface area contributed by atoms with E-state index >= 15 is 0 Å². The molecule has 0 amide bonds. The highest BCUT2D eigenvalue weighted by molar-refractivity contribution is 5.88. The van der Waals surface area contributed by atoms with Crippen LogP contribution < -0.4 is 0 Å². The number of aromatic hydroxyl groups is 1. The highest BCUT2D eigenvalue weighted by Gasteiger charge is 2.27. The summed E-state index contributed by atoms with van der Waals surface area (Å²) >= 11 is 0. The van der Waals surface area contributed by atoms with Crippen LogP contribution in [0.5, 0.6) is 5.75 Å². The zero-order chi connectivity index (χ0) is 11.2. The molecule has 15 heavy (non-hydrogen) atoms. The Morgan fingerprint density at radius 1 is 1.40 bits per heavy atom. The largest absolute Gasteiger partial charge is 0.507 e. The molecule has 0 unspecified atom stereocenters. The van der Waals surface area contributed by atoms with Crippen molar-refractivity contribution in [1.82, 2.24) is 9.78 Å². The number of phenolic OH excluding ortho intramolecular Hbond substituents is 1. The molecule has 0 bridgehead atoms. The first-order valence-corrected chi connectivity index (χ1v) is 4.75. The molecule has 0 spiro atoms. The molecule has 0 aliphatic rings. The highest BCUT2D eigenvalue weighted by atomic mass is 19.1. The lowest BCUT2D eigenvalue weighted by Gasteiger charge is -2.11. The third-order valence-electron chi connectivity index (χ3n) is 2.42. The van der Waals surface area contributed by atoms with E-state index in [0.717, 1.165) is 5.52 Å². The van der Waals surface area contributed by atoms with Crippen molar-refractivity contribution in [2.75, 3.05) is 0 Å². The lowest BCUT2D eigenvalue weighted by molar-refractivity contribution is 0.214. The van der Waals surface area contributed by atoms with Crippen LogP contribution in [0, 0.1) is 0 Å². The van der Waals surface area contributed by atoms with Gasteiger partial charge >= 0.3 is 0 Å². The highest BCUT2D eigenvalue weighted by Crippen LogP contribution is 2.35. The summed E-state index contributed by atoms with van der Waals surface area (Å²) in [6.07, 6.45) is 0. The molecule has 0 radical (unpaired) electrons. The maximum atomic E-state index is 13.9. The standard InChI is InChI=1S/C11H13FN2O/c1-11(2,12)10-9-7(14(3)13-10)5-4-6-8(9)15/h4-6,15H,1-3H3. The van der Waals surface area contributed by atoms with E-state index < -0.39 is 5.67 Å². The molecule has 1 aromatic heterocycles. The third kappa shape index (κ3) is 1.46. The van der Waals surface area contributed by atoms with Crippen molar-refractivity contribution < 1.29 is 9.50 Å². The second-order valence-electron chi connectivity index (χ2n) is 4.12. The van der Waals surface area contributed by atoms with Gasteiger partial charge < -0.3 is 5.11 Å². The summed E-state index contributed by atoms with van der Waals surface area (Å²) in [5.41, 5.74) is -0.549. The van der Waals surface area contributed by atoms with E-state index in [9.17, 15) is 9.50 Å². The molecule has 0 saturated heterocycles. The van der Waals surface area contributed by atoms with Crippen LogP contribution in [0.4, 0.5) is 4.39 Å².